The van der Waals surface area contributed by atoms with Crippen LogP contribution in [-0.2, 0) is 4.79 Å². The topological polar surface area (TPSA) is 66.4 Å². The van der Waals surface area contributed by atoms with Crippen molar-refractivity contribution in [2.45, 2.75) is 32.2 Å². The van der Waals surface area contributed by atoms with Crippen molar-refractivity contribution in [1.82, 2.24) is 5.32 Å². The molecular formula is C12H15NO3S. The van der Waals surface area contributed by atoms with E-state index in [1.54, 1.807) is 6.07 Å². The van der Waals surface area contributed by atoms with Gasteiger partial charge in [0.1, 0.15) is 6.04 Å². The van der Waals surface area contributed by atoms with E-state index in [1.165, 1.54) is 11.3 Å². The molecule has 1 unspecified atom stereocenters. The van der Waals surface area contributed by atoms with Gasteiger partial charge in [-0.15, -0.1) is 11.3 Å². The molecule has 0 bridgehead atoms. The maximum Gasteiger partial charge on any atom is 0.326 e. The lowest BCUT2D eigenvalue weighted by atomic mass is 10.1. The van der Waals surface area contributed by atoms with E-state index in [4.69, 9.17) is 5.11 Å². The summed E-state index contributed by atoms with van der Waals surface area (Å²) < 4.78 is 0. The van der Waals surface area contributed by atoms with Crippen molar-refractivity contribution in [2.24, 2.45) is 5.92 Å². The normalized spacial score (nSPS) is 16.5. The fraction of sp³-hybridized carbons (Fsp3) is 0.500. The Hall–Kier alpha value is -1.36. The van der Waals surface area contributed by atoms with Crippen LogP contribution >= 0.6 is 11.3 Å². The van der Waals surface area contributed by atoms with E-state index < -0.39 is 12.0 Å². The molecule has 17 heavy (non-hydrogen) atoms. The van der Waals surface area contributed by atoms with Crippen LogP contribution in [0, 0.1) is 12.8 Å². The van der Waals surface area contributed by atoms with E-state index >= 15 is 0 Å². The summed E-state index contributed by atoms with van der Waals surface area (Å²) in [6.45, 7) is 1.92. The maximum absolute atomic E-state index is 11.8. The van der Waals surface area contributed by atoms with Crippen LogP contribution in [0.25, 0.3) is 0 Å². The van der Waals surface area contributed by atoms with Crippen LogP contribution in [-0.4, -0.2) is 23.0 Å². The Balaban J connectivity index is 1.96. The van der Waals surface area contributed by atoms with Crippen LogP contribution < -0.4 is 5.32 Å². The Morgan fingerprint density at radius 3 is 2.71 bits per heavy atom. The number of nitrogens with one attached hydrogen (secondary N) is 1. The van der Waals surface area contributed by atoms with E-state index in [-0.39, 0.29) is 5.91 Å². The summed E-state index contributed by atoms with van der Waals surface area (Å²) in [5, 5.41) is 11.6. The lowest BCUT2D eigenvalue weighted by molar-refractivity contribution is -0.139. The second kappa shape index (κ2) is 4.87. The van der Waals surface area contributed by atoms with Crippen molar-refractivity contribution in [1.29, 1.82) is 0 Å². The molecule has 0 spiro atoms. The smallest absolute Gasteiger partial charge is 0.326 e. The number of thiophene rings is 1. The molecule has 1 aliphatic rings. The van der Waals surface area contributed by atoms with Crippen LogP contribution in [0.15, 0.2) is 12.1 Å². The SMILES string of the molecule is Cc1ccc(C(=O)NC(CC2CC2)C(=O)O)s1. The van der Waals surface area contributed by atoms with Gasteiger partial charge in [0.25, 0.3) is 5.91 Å². The number of carbonyl (C=O) groups is 2. The number of aryl methyl sites for hydroxylation is 1. The number of hydrogen-bond acceptors (Lipinski definition) is 3. The summed E-state index contributed by atoms with van der Waals surface area (Å²) in [5.74, 6) is -0.754. The third-order valence-electron chi connectivity index (χ3n) is 2.83. The summed E-state index contributed by atoms with van der Waals surface area (Å²) in [7, 11) is 0. The second-order valence-corrected chi connectivity index (χ2v) is 5.74. The van der Waals surface area contributed by atoms with Gasteiger partial charge in [0.05, 0.1) is 4.88 Å². The molecule has 1 saturated carbocycles. The molecule has 2 N–H and O–H groups in total. The lowest BCUT2D eigenvalue weighted by Crippen LogP contribution is -2.40. The number of aliphatic carboxylic acids is 1. The van der Waals surface area contributed by atoms with Crippen molar-refractivity contribution in [3.05, 3.63) is 21.9 Å². The van der Waals surface area contributed by atoms with Gasteiger partial charge >= 0.3 is 5.97 Å². The average Bonchev–Trinajstić information content (AvgIpc) is 2.97. The number of rotatable bonds is 5. The first-order chi connectivity index (χ1) is 8.06. The first kappa shape index (κ1) is 12.1. The Morgan fingerprint density at radius 1 is 1.53 bits per heavy atom. The Bertz CT molecular complexity index is 437. The molecule has 1 aromatic rings. The van der Waals surface area contributed by atoms with Gasteiger partial charge < -0.3 is 10.4 Å². The molecule has 1 atom stereocenters. The van der Waals surface area contributed by atoms with Gasteiger partial charge in [-0.25, -0.2) is 4.79 Å². The van der Waals surface area contributed by atoms with Crippen molar-refractivity contribution < 1.29 is 14.7 Å². The van der Waals surface area contributed by atoms with Crippen molar-refractivity contribution in [2.75, 3.05) is 0 Å². The van der Waals surface area contributed by atoms with Gasteiger partial charge in [-0.1, -0.05) is 12.8 Å². The zero-order valence-corrected chi connectivity index (χ0v) is 10.4. The first-order valence-corrected chi connectivity index (χ1v) is 6.48. The molecule has 5 heteroatoms. The highest BCUT2D eigenvalue weighted by atomic mass is 32.1. The molecule has 4 nitrogen and oxygen atoms in total. The molecule has 2 rings (SSSR count). The summed E-state index contributed by atoms with van der Waals surface area (Å²) in [6.07, 6.45) is 2.71. The van der Waals surface area contributed by atoms with Gasteiger partial charge in [0, 0.05) is 4.88 Å². The largest absolute Gasteiger partial charge is 0.480 e. The summed E-state index contributed by atoms with van der Waals surface area (Å²) >= 11 is 1.38. The number of carboxylic acids is 1. The minimum atomic E-state index is -0.946. The van der Waals surface area contributed by atoms with Gasteiger partial charge in [-0.2, -0.15) is 0 Å². The molecule has 0 radical (unpaired) electrons. The van der Waals surface area contributed by atoms with E-state index in [2.05, 4.69) is 5.32 Å². The van der Waals surface area contributed by atoms with Gasteiger partial charge in [-0.05, 0) is 31.4 Å². The molecular weight excluding hydrogens is 238 g/mol. The lowest BCUT2D eigenvalue weighted by Gasteiger charge is -2.13. The highest BCUT2D eigenvalue weighted by Crippen LogP contribution is 2.33. The monoisotopic (exact) mass is 253 g/mol. The van der Waals surface area contributed by atoms with Crippen molar-refractivity contribution in [3.63, 3.8) is 0 Å². The Kier molecular flexibility index (Phi) is 3.47. The summed E-state index contributed by atoms with van der Waals surface area (Å²) in [4.78, 5) is 24.5. The van der Waals surface area contributed by atoms with Gasteiger partial charge in [0.2, 0.25) is 0 Å². The predicted molar refractivity (Wildman–Crippen MR) is 65.3 cm³/mol. The quantitative estimate of drug-likeness (QED) is 0.844. The van der Waals surface area contributed by atoms with Crippen molar-refractivity contribution in [3.8, 4) is 0 Å². The standard InChI is InChI=1S/C12H15NO3S/c1-7-2-5-10(17-7)11(14)13-9(12(15)16)6-8-3-4-8/h2,5,8-9H,3-4,6H2,1H3,(H,13,14)(H,15,16). The molecule has 92 valence electrons. The van der Waals surface area contributed by atoms with Gasteiger partial charge in [0.15, 0.2) is 0 Å². The Labute approximate surface area is 104 Å². The highest BCUT2D eigenvalue weighted by molar-refractivity contribution is 7.13. The van der Waals surface area contributed by atoms with E-state index in [9.17, 15) is 9.59 Å². The van der Waals surface area contributed by atoms with Crippen LogP contribution in [0.5, 0.6) is 0 Å². The molecule has 1 amide bonds. The fourth-order valence-electron chi connectivity index (χ4n) is 1.69. The van der Waals surface area contributed by atoms with Crippen molar-refractivity contribution >= 4 is 23.2 Å². The van der Waals surface area contributed by atoms with Crippen LogP contribution in [0.4, 0.5) is 0 Å². The minimum Gasteiger partial charge on any atom is -0.480 e. The van der Waals surface area contributed by atoms with E-state index in [0.29, 0.717) is 17.2 Å². The van der Waals surface area contributed by atoms with E-state index in [1.807, 2.05) is 13.0 Å². The zero-order valence-electron chi connectivity index (χ0n) is 9.60. The Morgan fingerprint density at radius 2 is 2.24 bits per heavy atom. The molecule has 1 heterocycles. The van der Waals surface area contributed by atoms with Gasteiger partial charge in [-0.3, -0.25) is 4.79 Å². The molecule has 1 aliphatic carbocycles. The molecule has 0 aromatic carbocycles. The third kappa shape index (κ3) is 3.30. The predicted octanol–water partition coefficient (Wildman–Crippen LogP) is 2.04. The van der Waals surface area contributed by atoms with Crippen LogP contribution in [0.1, 0.15) is 33.8 Å². The number of amides is 1. The molecule has 1 aromatic heterocycles. The van der Waals surface area contributed by atoms with E-state index in [0.717, 1.165) is 17.7 Å². The second-order valence-electron chi connectivity index (χ2n) is 4.45. The molecule has 0 aliphatic heterocycles. The summed E-state index contributed by atoms with van der Waals surface area (Å²) in [6, 6.07) is 2.83. The fourth-order valence-corrected chi connectivity index (χ4v) is 2.46. The zero-order chi connectivity index (χ0) is 12.4. The third-order valence-corrected chi connectivity index (χ3v) is 3.83. The van der Waals surface area contributed by atoms with Crippen LogP contribution in [0.2, 0.25) is 0 Å². The minimum absolute atomic E-state index is 0.281. The highest BCUT2D eigenvalue weighted by Gasteiger charge is 2.30. The number of carbonyl (C=O) groups excluding carboxylic acids is 1. The molecule has 1 fully saturated rings. The molecule has 0 saturated heterocycles. The van der Waals surface area contributed by atoms with Crippen LogP contribution in [0.3, 0.4) is 0 Å². The maximum atomic E-state index is 11.8. The first-order valence-electron chi connectivity index (χ1n) is 5.66. The number of carboxylic acid groups (broad SMARTS) is 1. The average molecular weight is 253 g/mol. The number of hydrogen-bond donors (Lipinski definition) is 2. The summed E-state index contributed by atoms with van der Waals surface area (Å²) in [5.41, 5.74) is 0.